The second-order valence-corrected chi connectivity index (χ2v) is 5.61. The molecule has 2 aromatic rings. The maximum atomic E-state index is 6.21. The van der Waals surface area contributed by atoms with Crippen LogP contribution in [-0.2, 0) is 6.42 Å². The summed E-state index contributed by atoms with van der Waals surface area (Å²) in [5, 5.41) is 3.09. The summed E-state index contributed by atoms with van der Waals surface area (Å²) in [7, 11) is 0. The van der Waals surface area contributed by atoms with Crippen LogP contribution in [0, 0.1) is 6.92 Å². The number of fused-ring (bicyclic) bond motifs is 1. The zero-order valence-corrected chi connectivity index (χ0v) is 11.5. The predicted octanol–water partition coefficient (Wildman–Crippen LogP) is 2.16. The third-order valence-electron chi connectivity index (χ3n) is 3.09. The molecule has 2 N–H and O–H groups in total. The van der Waals surface area contributed by atoms with Gasteiger partial charge >= 0.3 is 0 Å². The number of rotatable bonds is 3. The van der Waals surface area contributed by atoms with Crippen molar-refractivity contribution in [1.29, 1.82) is 0 Å². The van der Waals surface area contributed by atoms with Crippen LogP contribution in [0.1, 0.15) is 10.7 Å². The Morgan fingerprint density at radius 3 is 2.95 bits per heavy atom. The van der Waals surface area contributed by atoms with Gasteiger partial charge in [0.1, 0.15) is 12.7 Å². The average molecular weight is 276 g/mol. The number of hydrogen-bond acceptors (Lipinski definition) is 5. The van der Waals surface area contributed by atoms with Gasteiger partial charge in [-0.25, -0.2) is 4.98 Å². The van der Waals surface area contributed by atoms with Gasteiger partial charge in [0.25, 0.3) is 0 Å². The Hall–Kier alpha value is -1.59. The van der Waals surface area contributed by atoms with Crippen LogP contribution in [-0.4, -0.2) is 23.7 Å². The van der Waals surface area contributed by atoms with E-state index in [0.717, 1.165) is 22.2 Å². The molecule has 0 bridgehead atoms. The highest BCUT2D eigenvalue weighted by atomic mass is 32.1. The van der Waals surface area contributed by atoms with Crippen molar-refractivity contribution in [3.8, 4) is 11.5 Å². The minimum atomic E-state index is -0.126. The van der Waals surface area contributed by atoms with Crippen molar-refractivity contribution in [2.75, 3.05) is 6.61 Å². The number of nitrogens with two attached hydrogens (primary N) is 1. The summed E-state index contributed by atoms with van der Waals surface area (Å²) in [6, 6.07) is 7.56. The number of nitrogens with zero attached hydrogens (tertiary/aromatic N) is 1. The van der Waals surface area contributed by atoms with Gasteiger partial charge in [0.2, 0.25) is 0 Å². The SMILES string of the molecule is Cc1csc(CC(N)C2COc3ccccc3O2)n1. The first-order valence-electron chi connectivity index (χ1n) is 6.27. The summed E-state index contributed by atoms with van der Waals surface area (Å²) in [6.07, 6.45) is 0.591. The highest BCUT2D eigenvalue weighted by molar-refractivity contribution is 7.09. The van der Waals surface area contributed by atoms with Gasteiger partial charge < -0.3 is 15.2 Å². The number of aromatic nitrogens is 1. The summed E-state index contributed by atoms with van der Waals surface area (Å²) in [4.78, 5) is 4.43. The fourth-order valence-corrected chi connectivity index (χ4v) is 2.92. The molecule has 0 fully saturated rings. The minimum absolute atomic E-state index is 0.112. The molecular weight excluding hydrogens is 260 g/mol. The Balaban J connectivity index is 1.67. The molecule has 2 heterocycles. The van der Waals surface area contributed by atoms with Crippen molar-refractivity contribution in [1.82, 2.24) is 4.98 Å². The second-order valence-electron chi connectivity index (χ2n) is 4.66. The first-order chi connectivity index (χ1) is 9.22. The van der Waals surface area contributed by atoms with E-state index in [1.165, 1.54) is 0 Å². The molecule has 19 heavy (non-hydrogen) atoms. The number of hydrogen-bond donors (Lipinski definition) is 1. The standard InChI is InChI=1S/C14H16N2O2S/c1-9-8-19-14(16-9)6-10(15)13-7-17-11-4-2-3-5-12(11)18-13/h2-5,8,10,13H,6-7,15H2,1H3. The van der Waals surface area contributed by atoms with E-state index in [-0.39, 0.29) is 12.1 Å². The van der Waals surface area contributed by atoms with Gasteiger partial charge in [0.05, 0.1) is 11.0 Å². The quantitative estimate of drug-likeness (QED) is 0.933. The Kier molecular flexibility index (Phi) is 3.40. The lowest BCUT2D eigenvalue weighted by Gasteiger charge is -2.29. The van der Waals surface area contributed by atoms with E-state index in [1.54, 1.807) is 11.3 Å². The fraction of sp³-hybridized carbons (Fsp3) is 0.357. The smallest absolute Gasteiger partial charge is 0.161 e. The van der Waals surface area contributed by atoms with E-state index in [0.29, 0.717) is 13.0 Å². The highest BCUT2D eigenvalue weighted by Gasteiger charge is 2.27. The topological polar surface area (TPSA) is 57.4 Å². The van der Waals surface area contributed by atoms with Crippen molar-refractivity contribution < 1.29 is 9.47 Å². The van der Waals surface area contributed by atoms with Crippen LogP contribution in [0.2, 0.25) is 0 Å². The van der Waals surface area contributed by atoms with Gasteiger partial charge in [0.15, 0.2) is 11.5 Å². The molecule has 1 aliphatic rings. The van der Waals surface area contributed by atoms with E-state index in [1.807, 2.05) is 36.6 Å². The van der Waals surface area contributed by atoms with Gasteiger partial charge in [-0.05, 0) is 19.1 Å². The molecule has 0 radical (unpaired) electrons. The number of para-hydroxylation sites is 2. The first kappa shape index (κ1) is 12.4. The molecule has 0 spiro atoms. The number of ether oxygens (including phenoxy) is 2. The number of aryl methyl sites for hydroxylation is 1. The summed E-state index contributed by atoms with van der Waals surface area (Å²) < 4.78 is 11.6. The van der Waals surface area contributed by atoms with Crippen LogP contribution in [0.25, 0.3) is 0 Å². The molecule has 0 amide bonds. The first-order valence-corrected chi connectivity index (χ1v) is 7.15. The molecule has 0 saturated heterocycles. The Bertz CT molecular complexity index is 570. The molecule has 5 heteroatoms. The molecule has 3 rings (SSSR count). The Morgan fingerprint density at radius 2 is 2.21 bits per heavy atom. The molecule has 2 unspecified atom stereocenters. The maximum Gasteiger partial charge on any atom is 0.161 e. The summed E-state index contributed by atoms with van der Waals surface area (Å²) >= 11 is 1.64. The molecular formula is C14H16N2O2S. The molecule has 1 aromatic carbocycles. The van der Waals surface area contributed by atoms with Crippen LogP contribution in [0.4, 0.5) is 0 Å². The zero-order chi connectivity index (χ0) is 13.2. The van der Waals surface area contributed by atoms with Gasteiger partial charge in [0, 0.05) is 17.5 Å². The van der Waals surface area contributed by atoms with E-state index >= 15 is 0 Å². The summed E-state index contributed by atoms with van der Waals surface area (Å²) in [5.74, 6) is 1.56. The molecule has 1 aliphatic heterocycles. The molecule has 2 atom stereocenters. The largest absolute Gasteiger partial charge is 0.486 e. The van der Waals surface area contributed by atoms with Crippen molar-refractivity contribution in [3.63, 3.8) is 0 Å². The Labute approximate surface area is 116 Å². The number of benzene rings is 1. The van der Waals surface area contributed by atoms with Crippen molar-refractivity contribution in [2.24, 2.45) is 5.73 Å². The van der Waals surface area contributed by atoms with Gasteiger partial charge in [-0.3, -0.25) is 0 Å². The van der Waals surface area contributed by atoms with Crippen molar-refractivity contribution >= 4 is 11.3 Å². The van der Waals surface area contributed by atoms with Crippen LogP contribution in [0.15, 0.2) is 29.6 Å². The fourth-order valence-electron chi connectivity index (χ4n) is 2.08. The molecule has 0 aliphatic carbocycles. The van der Waals surface area contributed by atoms with E-state index in [2.05, 4.69) is 4.98 Å². The van der Waals surface area contributed by atoms with Crippen molar-refractivity contribution in [3.05, 3.63) is 40.3 Å². The molecule has 1 aromatic heterocycles. The van der Waals surface area contributed by atoms with Crippen LogP contribution < -0.4 is 15.2 Å². The van der Waals surface area contributed by atoms with Crippen LogP contribution in [0.5, 0.6) is 11.5 Å². The lowest BCUT2D eigenvalue weighted by molar-refractivity contribution is 0.0722. The Morgan fingerprint density at radius 1 is 1.42 bits per heavy atom. The summed E-state index contributed by atoms with van der Waals surface area (Å²) in [6.45, 7) is 2.48. The average Bonchev–Trinajstić information content (AvgIpc) is 2.83. The van der Waals surface area contributed by atoms with E-state index in [4.69, 9.17) is 15.2 Å². The third kappa shape index (κ3) is 2.72. The van der Waals surface area contributed by atoms with Gasteiger partial charge in [-0.15, -0.1) is 11.3 Å². The minimum Gasteiger partial charge on any atom is -0.486 e. The lowest BCUT2D eigenvalue weighted by Crippen LogP contribution is -2.46. The third-order valence-corrected chi connectivity index (χ3v) is 4.07. The highest BCUT2D eigenvalue weighted by Crippen LogP contribution is 2.31. The monoisotopic (exact) mass is 276 g/mol. The lowest BCUT2D eigenvalue weighted by atomic mass is 10.1. The maximum absolute atomic E-state index is 6.21. The number of thiazole rings is 1. The van der Waals surface area contributed by atoms with Crippen LogP contribution >= 0.6 is 11.3 Å². The van der Waals surface area contributed by atoms with E-state index in [9.17, 15) is 0 Å². The van der Waals surface area contributed by atoms with E-state index < -0.39 is 0 Å². The summed E-state index contributed by atoms with van der Waals surface area (Å²) in [5.41, 5.74) is 7.25. The van der Waals surface area contributed by atoms with Gasteiger partial charge in [-0.1, -0.05) is 12.1 Å². The zero-order valence-electron chi connectivity index (χ0n) is 10.7. The molecule has 4 nitrogen and oxygen atoms in total. The van der Waals surface area contributed by atoms with Gasteiger partial charge in [-0.2, -0.15) is 0 Å². The predicted molar refractivity (Wildman–Crippen MR) is 74.9 cm³/mol. The second kappa shape index (κ2) is 5.19. The van der Waals surface area contributed by atoms with Crippen molar-refractivity contribution in [2.45, 2.75) is 25.5 Å². The molecule has 0 saturated carbocycles. The van der Waals surface area contributed by atoms with Crippen LogP contribution in [0.3, 0.4) is 0 Å². The normalized spacial score (nSPS) is 19.2. The molecule has 100 valence electrons.